The summed E-state index contributed by atoms with van der Waals surface area (Å²) in [7, 11) is 0. The normalized spacial score (nSPS) is 14.5. The van der Waals surface area contributed by atoms with Gasteiger partial charge in [0.05, 0.1) is 18.7 Å². The average Bonchev–Trinajstić information content (AvgIpc) is 2.61. The topological polar surface area (TPSA) is 94.6 Å². The molecule has 1 fully saturated rings. The Kier molecular flexibility index (Phi) is 5.14. The van der Waals surface area contributed by atoms with Crippen LogP contribution in [-0.4, -0.2) is 43.2 Å². The van der Waals surface area contributed by atoms with Crippen LogP contribution < -0.4 is 15.3 Å². The molecule has 0 unspecified atom stereocenters. The van der Waals surface area contributed by atoms with Crippen LogP contribution in [0.25, 0.3) is 10.9 Å². The van der Waals surface area contributed by atoms with Gasteiger partial charge in [0.1, 0.15) is 5.82 Å². The molecule has 1 aromatic heterocycles. The van der Waals surface area contributed by atoms with Gasteiger partial charge in [0.25, 0.3) is 0 Å². The number of carboxylic acid groups (broad SMARTS) is 1. The maximum atomic E-state index is 11.8. The summed E-state index contributed by atoms with van der Waals surface area (Å²) >= 11 is 0. The molecule has 0 atom stereocenters. The summed E-state index contributed by atoms with van der Waals surface area (Å²) in [6, 6.07) is 7.53. The zero-order valence-corrected chi connectivity index (χ0v) is 14.1. The van der Waals surface area contributed by atoms with E-state index < -0.39 is 5.97 Å². The quantitative estimate of drug-likeness (QED) is 0.866. The Hall–Kier alpha value is -2.67. The molecule has 1 aromatic carbocycles. The number of hydrogen-bond acceptors (Lipinski definition) is 6. The van der Waals surface area contributed by atoms with Crippen molar-refractivity contribution in [3.63, 3.8) is 0 Å². The Morgan fingerprint density at radius 2 is 2.00 bits per heavy atom. The summed E-state index contributed by atoms with van der Waals surface area (Å²) in [6.45, 7) is 5.07. The van der Waals surface area contributed by atoms with E-state index in [4.69, 9.17) is 9.72 Å². The van der Waals surface area contributed by atoms with Crippen molar-refractivity contribution in [1.82, 2.24) is 4.98 Å². The van der Waals surface area contributed by atoms with Crippen LogP contribution >= 0.6 is 0 Å². The molecule has 1 aliphatic heterocycles. The lowest BCUT2D eigenvalue weighted by atomic mass is 10.1. The van der Waals surface area contributed by atoms with Crippen molar-refractivity contribution < 1.29 is 19.4 Å². The number of amides is 1. The minimum Gasteiger partial charge on any atom is -0.550 e. The number of aryl methyl sites for hydroxylation is 1. The Labute approximate surface area is 145 Å². The number of carbonyl (C=O) groups excluding carboxylic acids is 2. The summed E-state index contributed by atoms with van der Waals surface area (Å²) in [6.07, 6.45) is -0.392. The standard InChI is InChI=1S/C18H21N3O4/c1-12-10-16(21-6-8-25-9-7-21)20-15-3-2-13(11-14(12)15)19-17(22)4-5-18(23)24/h2-3,10-11H,4-9H2,1H3,(H,19,22)(H,23,24)/p-1. The molecule has 7 heteroatoms. The van der Waals surface area contributed by atoms with E-state index in [0.717, 1.165) is 35.4 Å². The summed E-state index contributed by atoms with van der Waals surface area (Å²) in [5.74, 6) is -0.650. The molecular weight excluding hydrogens is 322 g/mol. The highest BCUT2D eigenvalue weighted by molar-refractivity contribution is 5.95. The smallest absolute Gasteiger partial charge is 0.224 e. The predicted octanol–water partition coefficient (Wildman–Crippen LogP) is 0.848. The minimum absolute atomic E-state index is 0.104. The van der Waals surface area contributed by atoms with E-state index in [-0.39, 0.29) is 18.7 Å². The summed E-state index contributed by atoms with van der Waals surface area (Å²) in [5, 5.41) is 14.1. The van der Waals surface area contributed by atoms with Crippen LogP contribution in [0.5, 0.6) is 0 Å². The summed E-state index contributed by atoms with van der Waals surface area (Å²) < 4.78 is 5.38. The van der Waals surface area contributed by atoms with Crippen LogP contribution in [-0.2, 0) is 14.3 Å². The fraction of sp³-hybridized carbons (Fsp3) is 0.389. The number of morpholine rings is 1. The molecule has 0 spiro atoms. The number of anilines is 2. The van der Waals surface area contributed by atoms with Gasteiger partial charge < -0.3 is 24.9 Å². The van der Waals surface area contributed by atoms with Gasteiger partial charge in [-0.15, -0.1) is 0 Å². The van der Waals surface area contributed by atoms with Gasteiger partial charge in [-0.3, -0.25) is 4.79 Å². The van der Waals surface area contributed by atoms with E-state index in [9.17, 15) is 14.7 Å². The SMILES string of the molecule is Cc1cc(N2CCOCC2)nc2ccc(NC(=O)CCC(=O)[O-])cc12. The largest absolute Gasteiger partial charge is 0.550 e. The van der Waals surface area contributed by atoms with Gasteiger partial charge in [0, 0.05) is 36.6 Å². The van der Waals surface area contributed by atoms with Crippen molar-refractivity contribution in [2.45, 2.75) is 19.8 Å². The highest BCUT2D eigenvalue weighted by Gasteiger charge is 2.14. The Bertz CT molecular complexity index is 800. The molecular formula is C18H20N3O4-. The van der Waals surface area contributed by atoms with E-state index >= 15 is 0 Å². The molecule has 1 aliphatic rings. The lowest BCUT2D eigenvalue weighted by molar-refractivity contribution is -0.305. The molecule has 2 heterocycles. The lowest BCUT2D eigenvalue weighted by Gasteiger charge is -2.28. The molecule has 1 N–H and O–H groups in total. The zero-order chi connectivity index (χ0) is 17.8. The van der Waals surface area contributed by atoms with Gasteiger partial charge in [0.15, 0.2) is 0 Å². The van der Waals surface area contributed by atoms with Crippen LogP contribution in [0.15, 0.2) is 24.3 Å². The maximum absolute atomic E-state index is 11.8. The van der Waals surface area contributed by atoms with Gasteiger partial charge in [-0.1, -0.05) is 0 Å². The molecule has 1 amide bonds. The number of carbonyl (C=O) groups is 2. The van der Waals surface area contributed by atoms with Crippen molar-refractivity contribution in [3.8, 4) is 0 Å². The third-order valence-electron chi connectivity index (χ3n) is 4.18. The number of nitrogens with one attached hydrogen (secondary N) is 1. The Morgan fingerprint density at radius 1 is 1.24 bits per heavy atom. The second kappa shape index (κ2) is 7.48. The number of hydrogen-bond donors (Lipinski definition) is 1. The van der Waals surface area contributed by atoms with Crippen LogP contribution in [0.4, 0.5) is 11.5 Å². The molecule has 0 radical (unpaired) electrons. The van der Waals surface area contributed by atoms with Gasteiger partial charge in [-0.05, 0) is 43.2 Å². The van der Waals surface area contributed by atoms with Crippen molar-refractivity contribution >= 4 is 34.3 Å². The van der Waals surface area contributed by atoms with E-state index in [1.54, 1.807) is 6.07 Å². The number of fused-ring (bicyclic) bond motifs is 1. The number of nitrogens with zero attached hydrogens (tertiary/aromatic N) is 2. The third kappa shape index (κ3) is 4.24. The van der Waals surface area contributed by atoms with Crippen LogP contribution in [0.1, 0.15) is 18.4 Å². The number of ether oxygens (including phenoxy) is 1. The number of pyridine rings is 1. The first-order valence-electron chi connectivity index (χ1n) is 8.27. The molecule has 0 saturated carbocycles. The fourth-order valence-corrected chi connectivity index (χ4v) is 2.85. The molecule has 0 aliphatic carbocycles. The molecule has 25 heavy (non-hydrogen) atoms. The fourth-order valence-electron chi connectivity index (χ4n) is 2.85. The van der Waals surface area contributed by atoms with Crippen LogP contribution in [0, 0.1) is 6.92 Å². The van der Waals surface area contributed by atoms with E-state index in [1.807, 2.05) is 25.1 Å². The lowest BCUT2D eigenvalue weighted by Crippen LogP contribution is -2.36. The highest BCUT2D eigenvalue weighted by Crippen LogP contribution is 2.25. The number of aliphatic carboxylic acids is 1. The second-order valence-electron chi connectivity index (χ2n) is 6.05. The number of carboxylic acids is 1. The van der Waals surface area contributed by atoms with Crippen molar-refractivity contribution in [1.29, 1.82) is 0 Å². The Balaban J connectivity index is 1.79. The Morgan fingerprint density at radius 3 is 2.72 bits per heavy atom. The average molecular weight is 342 g/mol. The number of rotatable bonds is 5. The molecule has 7 nitrogen and oxygen atoms in total. The van der Waals surface area contributed by atoms with Gasteiger partial charge >= 0.3 is 0 Å². The monoisotopic (exact) mass is 342 g/mol. The molecule has 2 aromatic rings. The van der Waals surface area contributed by atoms with Crippen molar-refractivity contribution in [2.24, 2.45) is 0 Å². The van der Waals surface area contributed by atoms with Gasteiger partial charge in [0.2, 0.25) is 5.91 Å². The first-order chi connectivity index (χ1) is 12.0. The summed E-state index contributed by atoms with van der Waals surface area (Å²) in [4.78, 5) is 29.1. The maximum Gasteiger partial charge on any atom is 0.224 e. The summed E-state index contributed by atoms with van der Waals surface area (Å²) in [5.41, 5.74) is 2.55. The van der Waals surface area contributed by atoms with Crippen LogP contribution in [0.2, 0.25) is 0 Å². The second-order valence-corrected chi connectivity index (χ2v) is 6.05. The molecule has 0 bridgehead atoms. The minimum atomic E-state index is -1.23. The van der Waals surface area contributed by atoms with Crippen molar-refractivity contribution in [2.75, 3.05) is 36.5 Å². The van der Waals surface area contributed by atoms with E-state index in [2.05, 4.69) is 10.2 Å². The van der Waals surface area contributed by atoms with Gasteiger partial charge in [-0.2, -0.15) is 0 Å². The van der Waals surface area contributed by atoms with Crippen LogP contribution in [0.3, 0.4) is 0 Å². The first kappa shape index (κ1) is 17.2. The predicted molar refractivity (Wildman–Crippen MR) is 92.4 cm³/mol. The van der Waals surface area contributed by atoms with E-state index in [0.29, 0.717) is 18.9 Å². The number of aromatic nitrogens is 1. The highest BCUT2D eigenvalue weighted by atomic mass is 16.5. The first-order valence-corrected chi connectivity index (χ1v) is 8.27. The molecule has 1 saturated heterocycles. The third-order valence-corrected chi connectivity index (χ3v) is 4.18. The van der Waals surface area contributed by atoms with Crippen molar-refractivity contribution in [3.05, 3.63) is 29.8 Å². The molecule has 132 valence electrons. The zero-order valence-electron chi connectivity index (χ0n) is 14.1. The van der Waals surface area contributed by atoms with Gasteiger partial charge in [-0.25, -0.2) is 4.98 Å². The molecule has 3 rings (SSSR count). The van der Waals surface area contributed by atoms with E-state index in [1.165, 1.54) is 0 Å². The number of benzene rings is 1.